The molecule has 4 heteroatoms. The molecule has 1 unspecified atom stereocenters. The molecule has 0 heterocycles. The van der Waals surface area contributed by atoms with Gasteiger partial charge in [-0.05, 0) is 43.7 Å². The molecule has 0 aliphatic carbocycles. The standard InChI is InChI=1S/C16H19N3O/c1-11-3-7-14(8-4-11)18-16(20)19-15-9-5-13(6-10-15)12(2)17/h3-10,12H,17H2,1-2H3,(H2,18,19,20). The van der Waals surface area contributed by atoms with E-state index in [0.29, 0.717) is 0 Å². The fraction of sp³-hybridized carbons (Fsp3) is 0.188. The summed E-state index contributed by atoms with van der Waals surface area (Å²) in [6.45, 7) is 3.93. The smallest absolute Gasteiger partial charge is 0.323 e. The molecule has 20 heavy (non-hydrogen) atoms. The summed E-state index contributed by atoms with van der Waals surface area (Å²) in [5, 5.41) is 5.56. The van der Waals surface area contributed by atoms with E-state index < -0.39 is 0 Å². The van der Waals surface area contributed by atoms with Gasteiger partial charge in [0.2, 0.25) is 0 Å². The predicted octanol–water partition coefficient (Wildman–Crippen LogP) is 3.66. The van der Waals surface area contributed by atoms with E-state index >= 15 is 0 Å². The first kappa shape index (κ1) is 14.1. The van der Waals surface area contributed by atoms with E-state index in [1.54, 1.807) is 0 Å². The van der Waals surface area contributed by atoms with Crippen molar-refractivity contribution >= 4 is 17.4 Å². The first-order valence-electron chi connectivity index (χ1n) is 6.55. The van der Waals surface area contributed by atoms with E-state index in [-0.39, 0.29) is 12.1 Å². The van der Waals surface area contributed by atoms with Gasteiger partial charge in [0.15, 0.2) is 0 Å². The molecule has 2 aromatic carbocycles. The van der Waals surface area contributed by atoms with Crippen LogP contribution < -0.4 is 16.4 Å². The second kappa shape index (κ2) is 6.21. The first-order valence-corrected chi connectivity index (χ1v) is 6.55. The quantitative estimate of drug-likeness (QED) is 0.796. The summed E-state index contributed by atoms with van der Waals surface area (Å²) in [4.78, 5) is 11.8. The lowest BCUT2D eigenvalue weighted by atomic mass is 10.1. The van der Waals surface area contributed by atoms with Gasteiger partial charge in [-0.1, -0.05) is 29.8 Å². The first-order chi connectivity index (χ1) is 9.54. The summed E-state index contributed by atoms with van der Waals surface area (Å²) in [6, 6.07) is 14.9. The highest BCUT2D eigenvalue weighted by atomic mass is 16.2. The predicted molar refractivity (Wildman–Crippen MR) is 82.9 cm³/mol. The number of anilines is 2. The molecule has 4 N–H and O–H groups in total. The zero-order chi connectivity index (χ0) is 14.5. The van der Waals surface area contributed by atoms with Crippen LogP contribution in [0.5, 0.6) is 0 Å². The van der Waals surface area contributed by atoms with Gasteiger partial charge in [-0.3, -0.25) is 0 Å². The van der Waals surface area contributed by atoms with Crippen molar-refractivity contribution < 1.29 is 4.79 Å². The number of aryl methyl sites for hydroxylation is 1. The summed E-state index contributed by atoms with van der Waals surface area (Å²) in [5.41, 5.74) is 9.47. The Kier molecular flexibility index (Phi) is 4.38. The van der Waals surface area contributed by atoms with Crippen molar-refractivity contribution in [3.05, 3.63) is 59.7 Å². The van der Waals surface area contributed by atoms with Gasteiger partial charge >= 0.3 is 6.03 Å². The number of benzene rings is 2. The molecular formula is C16H19N3O. The van der Waals surface area contributed by atoms with Gasteiger partial charge in [0, 0.05) is 17.4 Å². The van der Waals surface area contributed by atoms with Crippen molar-refractivity contribution in [2.45, 2.75) is 19.9 Å². The maximum Gasteiger partial charge on any atom is 0.323 e. The molecule has 2 rings (SSSR count). The van der Waals surface area contributed by atoms with Crippen molar-refractivity contribution in [3.8, 4) is 0 Å². The summed E-state index contributed by atoms with van der Waals surface area (Å²) < 4.78 is 0. The Balaban J connectivity index is 1.95. The van der Waals surface area contributed by atoms with E-state index in [1.807, 2.05) is 62.4 Å². The maximum absolute atomic E-state index is 11.8. The average Bonchev–Trinajstić information content (AvgIpc) is 2.42. The third kappa shape index (κ3) is 3.83. The zero-order valence-electron chi connectivity index (χ0n) is 11.7. The van der Waals surface area contributed by atoms with Crippen molar-refractivity contribution in [3.63, 3.8) is 0 Å². The van der Waals surface area contributed by atoms with Crippen LogP contribution in [-0.2, 0) is 0 Å². The van der Waals surface area contributed by atoms with E-state index in [4.69, 9.17) is 5.73 Å². The highest BCUT2D eigenvalue weighted by molar-refractivity contribution is 5.99. The highest BCUT2D eigenvalue weighted by Crippen LogP contribution is 2.15. The number of nitrogens with one attached hydrogen (secondary N) is 2. The molecule has 0 saturated heterocycles. The minimum atomic E-state index is -0.262. The minimum Gasteiger partial charge on any atom is -0.324 e. The third-order valence-corrected chi connectivity index (χ3v) is 3.00. The van der Waals surface area contributed by atoms with Crippen LogP contribution in [0.4, 0.5) is 16.2 Å². The van der Waals surface area contributed by atoms with Gasteiger partial charge in [0.25, 0.3) is 0 Å². The topological polar surface area (TPSA) is 67.2 Å². The molecule has 0 aliphatic heterocycles. The van der Waals surface area contributed by atoms with Crippen LogP contribution >= 0.6 is 0 Å². The van der Waals surface area contributed by atoms with Gasteiger partial charge in [-0.25, -0.2) is 4.79 Å². The summed E-state index contributed by atoms with van der Waals surface area (Å²) >= 11 is 0. The van der Waals surface area contributed by atoms with Crippen LogP contribution in [0.2, 0.25) is 0 Å². The number of amides is 2. The Bertz CT molecular complexity index is 574. The number of hydrogen-bond donors (Lipinski definition) is 3. The lowest BCUT2D eigenvalue weighted by Gasteiger charge is -2.10. The fourth-order valence-corrected chi connectivity index (χ4v) is 1.80. The lowest BCUT2D eigenvalue weighted by Crippen LogP contribution is -2.19. The Labute approximate surface area is 119 Å². The number of rotatable bonds is 3. The lowest BCUT2D eigenvalue weighted by molar-refractivity contribution is 0.262. The van der Waals surface area contributed by atoms with Gasteiger partial charge in [0.1, 0.15) is 0 Å². The van der Waals surface area contributed by atoms with Gasteiger partial charge < -0.3 is 16.4 Å². The van der Waals surface area contributed by atoms with Crippen molar-refractivity contribution in [1.82, 2.24) is 0 Å². The molecule has 0 aromatic heterocycles. The van der Waals surface area contributed by atoms with Gasteiger partial charge in [-0.2, -0.15) is 0 Å². The molecule has 0 fully saturated rings. The Morgan fingerprint density at radius 1 is 0.950 bits per heavy atom. The average molecular weight is 269 g/mol. The molecule has 0 bridgehead atoms. The van der Waals surface area contributed by atoms with Crippen LogP contribution in [0.3, 0.4) is 0 Å². The van der Waals surface area contributed by atoms with Crippen molar-refractivity contribution in [1.29, 1.82) is 0 Å². The molecule has 0 aliphatic rings. The van der Waals surface area contributed by atoms with Crippen LogP contribution in [-0.4, -0.2) is 6.03 Å². The summed E-state index contributed by atoms with van der Waals surface area (Å²) in [6.07, 6.45) is 0. The highest BCUT2D eigenvalue weighted by Gasteiger charge is 2.03. The van der Waals surface area contributed by atoms with Crippen LogP contribution in [0.25, 0.3) is 0 Å². The zero-order valence-corrected chi connectivity index (χ0v) is 11.7. The largest absolute Gasteiger partial charge is 0.324 e. The number of hydrogen-bond acceptors (Lipinski definition) is 2. The molecule has 0 saturated carbocycles. The monoisotopic (exact) mass is 269 g/mol. The second-order valence-electron chi connectivity index (χ2n) is 4.86. The summed E-state index contributed by atoms with van der Waals surface area (Å²) in [5.74, 6) is 0. The molecule has 0 radical (unpaired) electrons. The number of urea groups is 1. The molecule has 0 spiro atoms. The fourth-order valence-electron chi connectivity index (χ4n) is 1.80. The SMILES string of the molecule is Cc1ccc(NC(=O)Nc2ccc(C(C)N)cc2)cc1. The maximum atomic E-state index is 11.8. The Morgan fingerprint density at radius 2 is 1.40 bits per heavy atom. The molecule has 4 nitrogen and oxygen atoms in total. The minimum absolute atomic E-state index is 0.00886. The van der Waals surface area contributed by atoms with E-state index in [9.17, 15) is 4.79 Å². The Morgan fingerprint density at radius 3 is 1.85 bits per heavy atom. The normalized spacial score (nSPS) is 11.8. The van der Waals surface area contributed by atoms with Crippen LogP contribution in [0.15, 0.2) is 48.5 Å². The van der Waals surface area contributed by atoms with Gasteiger partial charge in [0.05, 0.1) is 0 Å². The van der Waals surface area contributed by atoms with E-state index in [1.165, 1.54) is 0 Å². The van der Waals surface area contributed by atoms with Gasteiger partial charge in [-0.15, -0.1) is 0 Å². The molecule has 2 amide bonds. The number of carbonyl (C=O) groups is 1. The van der Waals surface area contributed by atoms with Crippen LogP contribution in [0.1, 0.15) is 24.1 Å². The third-order valence-electron chi connectivity index (χ3n) is 3.00. The number of carbonyl (C=O) groups excluding carboxylic acids is 1. The van der Waals surface area contributed by atoms with Crippen LogP contribution in [0, 0.1) is 6.92 Å². The van der Waals surface area contributed by atoms with E-state index in [0.717, 1.165) is 22.5 Å². The van der Waals surface area contributed by atoms with Crippen molar-refractivity contribution in [2.75, 3.05) is 10.6 Å². The molecule has 1 atom stereocenters. The molecule has 2 aromatic rings. The second-order valence-corrected chi connectivity index (χ2v) is 4.86. The molecular weight excluding hydrogens is 250 g/mol. The number of nitrogens with two attached hydrogens (primary N) is 1. The van der Waals surface area contributed by atoms with Crippen molar-refractivity contribution in [2.24, 2.45) is 5.73 Å². The molecule has 104 valence electrons. The summed E-state index contributed by atoms with van der Waals surface area (Å²) in [7, 11) is 0. The Hall–Kier alpha value is -2.33. The van der Waals surface area contributed by atoms with E-state index in [2.05, 4.69) is 10.6 Å².